The second kappa shape index (κ2) is 6.27. The molecule has 5 atom stereocenters. The van der Waals surface area contributed by atoms with Crippen molar-refractivity contribution in [2.24, 2.45) is 28.4 Å². The molecule has 2 aliphatic rings. The molecule has 7 nitrogen and oxygen atoms in total. The minimum absolute atomic E-state index is 0.0435. The molecule has 3 amide bonds. The molecule has 2 fully saturated rings. The van der Waals surface area contributed by atoms with E-state index >= 15 is 0 Å². The Labute approximate surface area is 150 Å². The van der Waals surface area contributed by atoms with Gasteiger partial charge in [0.15, 0.2) is 0 Å². The number of carbonyl (C=O) groups is 3. The normalized spacial score (nSPS) is 29.4. The Kier molecular flexibility index (Phi) is 4.94. The van der Waals surface area contributed by atoms with E-state index in [1.807, 2.05) is 20.8 Å². The standard InChI is InChI=1S/C18H32N4O3/c1-9(19)20-15(24)13-12-11(18(12,6)7)8-22(13)16(25)14(17(3,4)5)21-10(2)23/h9,11-14H,8,19H2,1-7H3,(H,20,24)(H,21,23)/t9-,11-,12-,13-,14+/m0/s1. The maximum atomic E-state index is 13.2. The fourth-order valence-corrected chi connectivity index (χ4v) is 4.14. The van der Waals surface area contributed by atoms with E-state index < -0.39 is 23.7 Å². The highest BCUT2D eigenvalue weighted by atomic mass is 16.2. The first kappa shape index (κ1) is 19.7. The van der Waals surface area contributed by atoms with Crippen LogP contribution in [0.25, 0.3) is 0 Å². The molecule has 1 saturated carbocycles. The summed E-state index contributed by atoms with van der Waals surface area (Å²) in [5.74, 6) is -0.228. The average molecular weight is 352 g/mol. The van der Waals surface area contributed by atoms with Gasteiger partial charge in [-0.2, -0.15) is 0 Å². The summed E-state index contributed by atoms with van der Waals surface area (Å²) in [6.45, 7) is 13.6. The largest absolute Gasteiger partial charge is 0.344 e. The van der Waals surface area contributed by atoms with Gasteiger partial charge in [-0.05, 0) is 29.6 Å². The second-order valence-corrected chi connectivity index (χ2v) is 9.19. The van der Waals surface area contributed by atoms with Crippen molar-refractivity contribution in [2.45, 2.75) is 66.7 Å². The molecule has 0 spiro atoms. The Balaban J connectivity index is 2.28. The van der Waals surface area contributed by atoms with Crippen molar-refractivity contribution in [3.63, 3.8) is 0 Å². The number of likely N-dealkylation sites (tertiary alicyclic amines) is 1. The van der Waals surface area contributed by atoms with E-state index in [0.29, 0.717) is 12.5 Å². The lowest BCUT2D eigenvalue weighted by atomic mass is 9.85. The van der Waals surface area contributed by atoms with Gasteiger partial charge >= 0.3 is 0 Å². The van der Waals surface area contributed by atoms with Crippen molar-refractivity contribution in [3.8, 4) is 0 Å². The number of fused-ring (bicyclic) bond motifs is 1. The van der Waals surface area contributed by atoms with Gasteiger partial charge < -0.3 is 21.3 Å². The molecule has 1 aliphatic carbocycles. The van der Waals surface area contributed by atoms with Crippen LogP contribution >= 0.6 is 0 Å². The summed E-state index contributed by atoms with van der Waals surface area (Å²) in [5, 5.41) is 5.50. The predicted octanol–water partition coefficient (Wildman–Crippen LogP) is 0.441. The van der Waals surface area contributed by atoms with E-state index in [2.05, 4.69) is 24.5 Å². The third kappa shape index (κ3) is 3.66. The Hall–Kier alpha value is -1.63. The van der Waals surface area contributed by atoms with Crippen molar-refractivity contribution in [2.75, 3.05) is 6.54 Å². The number of nitrogens with two attached hydrogens (primary N) is 1. The van der Waals surface area contributed by atoms with E-state index in [-0.39, 0.29) is 29.1 Å². The van der Waals surface area contributed by atoms with Gasteiger partial charge in [-0.1, -0.05) is 34.6 Å². The highest BCUT2D eigenvalue weighted by molar-refractivity contribution is 5.93. The molecule has 0 aromatic heterocycles. The van der Waals surface area contributed by atoms with E-state index in [4.69, 9.17) is 5.73 Å². The van der Waals surface area contributed by atoms with Crippen LogP contribution in [0.4, 0.5) is 0 Å². The number of carbonyl (C=O) groups excluding carboxylic acids is 3. The first-order valence-corrected chi connectivity index (χ1v) is 8.92. The average Bonchev–Trinajstić information content (AvgIpc) is 2.82. The van der Waals surface area contributed by atoms with Crippen LogP contribution in [-0.2, 0) is 14.4 Å². The Morgan fingerprint density at radius 1 is 1.20 bits per heavy atom. The maximum Gasteiger partial charge on any atom is 0.246 e. The molecule has 142 valence electrons. The van der Waals surface area contributed by atoms with Crippen LogP contribution in [0.3, 0.4) is 0 Å². The van der Waals surface area contributed by atoms with Gasteiger partial charge in [-0.25, -0.2) is 0 Å². The van der Waals surface area contributed by atoms with Gasteiger partial charge in [0, 0.05) is 13.5 Å². The molecule has 4 N–H and O–H groups in total. The lowest BCUT2D eigenvalue weighted by Gasteiger charge is -2.37. The molecule has 25 heavy (non-hydrogen) atoms. The highest BCUT2D eigenvalue weighted by Crippen LogP contribution is 2.65. The summed E-state index contributed by atoms with van der Waals surface area (Å²) in [6, 6.07) is -1.20. The zero-order valence-corrected chi connectivity index (χ0v) is 16.3. The molecule has 1 saturated heterocycles. The molecule has 0 aromatic rings. The van der Waals surface area contributed by atoms with Crippen LogP contribution in [0.15, 0.2) is 0 Å². The molecule has 7 heteroatoms. The summed E-state index contributed by atoms with van der Waals surface area (Å²) in [7, 11) is 0. The Bertz CT molecular complexity index is 579. The minimum Gasteiger partial charge on any atom is -0.344 e. The van der Waals surface area contributed by atoms with Crippen LogP contribution in [-0.4, -0.2) is 47.4 Å². The number of nitrogens with one attached hydrogen (secondary N) is 2. The van der Waals surface area contributed by atoms with Crippen molar-refractivity contribution < 1.29 is 14.4 Å². The monoisotopic (exact) mass is 352 g/mol. The predicted molar refractivity (Wildman–Crippen MR) is 95.1 cm³/mol. The van der Waals surface area contributed by atoms with Crippen LogP contribution in [0.2, 0.25) is 0 Å². The number of piperidine rings is 1. The minimum atomic E-state index is -0.670. The van der Waals surface area contributed by atoms with E-state index in [1.54, 1.807) is 11.8 Å². The van der Waals surface area contributed by atoms with Crippen LogP contribution in [0, 0.1) is 22.7 Å². The van der Waals surface area contributed by atoms with Crippen molar-refractivity contribution in [1.29, 1.82) is 0 Å². The smallest absolute Gasteiger partial charge is 0.246 e. The van der Waals surface area contributed by atoms with Gasteiger partial charge in [0.05, 0.1) is 6.17 Å². The summed E-state index contributed by atoms with van der Waals surface area (Å²) in [4.78, 5) is 39.1. The van der Waals surface area contributed by atoms with Gasteiger partial charge in [-0.3, -0.25) is 14.4 Å². The highest BCUT2D eigenvalue weighted by Gasteiger charge is 2.69. The lowest BCUT2D eigenvalue weighted by Crippen LogP contribution is -2.59. The molecule has 1 heterocycles. The molecule has 0 unspecified atom stereocenters. The fourth-order valence-electron chi connectivity index (χ4n) is 4.14. The molecule has 0 aromatic carbocycles. The first-order chi connectivity index (χ1) is 11.3. The van der Waals surface area contributed by atoms with Crippen molar-refractivity contribution >= 4 is 17.7 Å². The summed E-state index contributed by atoms with van der Waals surface area (Å²) in [5.41, 5.74) is 5.30. The number of hydrogen-bond acceptors (Lipinski definition) is 4. The topological polar surface area (TPSA) is 105 Å². The number of amides is 3. The third-order valence-corrected chi connectivity index (χ3v) is 5.59. The lowest BCUT2D eigenvalue weighted by molar-refractivity contribution is -0.145. The fraction of sp³-hybridized carbons (Fsp3) is 0.833. The molecule has 2 rings (SSSR count). The van der Waals surface area contributed by atoms with Gasteiger partial charge in [-0.15, -0.1) is 0 Å². The van der Waals surface area contributed by atoms with Gasteiger partial charge in [0.2, 0.25) is 17.7 Å². The zero-order chi connectivity index (χ0) is 19.3. The third-order valence-electron chi connectivity index (χ3n) is 5.59. The van der Waals surface area contributed by atoms with Gasteiger partial charge in [0.25, 0.3) is 0 Å². The Morgan fingerprint density at radius 3 is 2.20 bits per heavy atom. The summed E-state index contributed by atoms with van der Waals surface area (Å²) < 4.78 is 0. The quantitative estimate of drug-likeness (QED) is 0.639. The number of rotatable bonds is 4. The summed E-state index contributed by atoms with van der Waals surface area (Å²) >= 11 is 0. The van der Waals surface area contributed by atoms with E-state index in [1.165, 1.54) is 6.92 Å². The maximum absolute atomic E-state index is 13.2. The second-order valence-electron chi connectivity index (χ2n) is 9.19. The van der Waals surface area contributed by atoms with Gasteiger partial charge in [0.1, 0.15) is 12.1 Å². The molecule has 1 aliphatic heterocycles. The molecule has 0 bridgehead atoms. The van der Waals surface area contributed by atoms with E-state index in [9.17, 15) is 14.4 Å². The van der Waals surface area contributed by atoms with Crippen LogP contribution < -0.4 is 16.4 Å². The first-order valence-electron chi connectivity index (χ1n) is 8.92. The summed E-state index contributed by atoms with van der Waals surface area (Å²) in [6.07, 6.45) is -0.473. The van der Waals surface area contributed by atoms with E-state index in [0.717, 1.165) is 0 Å². The van der Waals surface area contributed by atoms with Crippen LogP contribution in [0.1, 0.15) is 48.5 Å². The zero-order valence-electron chi connectivity index (χ0n) is 16.3. The number of nitrogens with zero attached hydrogens (tertiary/aromatic N) is 1. The van der Waals surface area contributed by atoms with Crippen molar-refractivity contribution in [1.82, 2.24) is 15.5 Å². The van der Waals surface area contributed by atoms with Crippen LogP contribution in [0.5, 0.6) is 0 Å². The molecular weight excluding hydrogens is 320 g/mol. The Morgan fingerprint density at radius 2 is 1.76 bits per heavy atom. The molecular formula is C18H32N4O3. The van der Waals surface area contributed by atoms with Crippen molar-refractivity contribution in [3.05, 3.63) is 0 Å². The molecule has 0 radical (unpaired) electrons. The number of hydrogen-bond donors (Lipinski definition) is 3. The SMILES string of the molecule is CC(=O)N[C@H](C(=O)N1C[C@H]2[C@@H]([C@H]1C(=O)N[C@@H](C)N)C2(C)C)C(C)(C)C.